The van der Waals surface area contributed by atoms with Gasteiger partial charge in [0.1, 0.15) is 0 Å². The van der Waals surface area contributed by atoms with Crippen LogP contribution in [0.4, 0.5) is 0 Å². The molecule has 0 amide bonds. The van der Waals surface area contributed by atoms with Crippen molar-refractivity contribution < 1.29 is 8.42 Å². The number of benzene rings is 1. The van der Waals surface area contributed by atoms with Gasteiger partial charge in [-0.2, -0.15) is 4.31 Å². The van der Waals surface area contributed by atoms with Gasteiger partial charge in [0.25, 0.3) is 0 Å². The summed E-state index contributed by atoms with van der Waals surface area (Å²) in [4.78, 5) is 0. The third-order valence-corrected chi connectivity index (χ3v) is 5.58. The van der Waals surface area contributed by atoms with E-state index in [9.17, 15) is 8.42 Å². The minimum Gasteiger partial charge on any atom is -0.212 e. The highest BCUT2D eigenvalue weighted by Gasteiger charge is 2.33. The van der Waals surface area contributed by atoms with Crippen LogP contribution in [0.3, 0.4) is 0 Å². The van der Waals surface area contributed by atoms with E-state index in [1.54, 1.807) is 4.31 Å². The second-order valence-corrected chi connectivity index (χ2v) is 6.95. The Morgan fingerprint density at radius 1 is 1.28 bits per heavy atom. The van der Waals surface area contributed by atoms with Crippen LogP contribution < -0.4 is 0 Å². The van der Waals surface area contributed by atoms with Crippen molar-refractivity contribution in [3.63, 3.8) is 0 Å². The summed E-state index contributed by atoms with van der Waals surface area (Å²) in [5, 5.41) is 0. The Morgan fingerprint density at radius 2 is 2.00 bits per heavy atom. The summed E-state index contributed by atoms with van der Waals surface area (Å²) in [7, 11) is -3.05. The van der Waals surface area contributed by atoms with E-state index in [2.05, 4.69) is 12.1 Å². The van der Waals surface area contributed by atoms with Crippen molar-refractivity contribution in [3.05, 3.63) is 35.9 Å². The Bertz CT molecular complexity index is 470. The number of sulfonamides is 1. The predicted octanol–water partition coefficient (Wildman–Crippen LogP) is 2.43. The molecule has 0 saturated carbocycles. The molecule has 0 spiro atoms. The van der Waals surface area contributed by atoms with Gasteiger partial charge in [-0.1, -0.05) is 37.3 Å². The van der Waals surface area contributed by atoms with Gasteiger partial charge < -0.3 is 0 Å². The Kier molecular flexibility index (Phi) is 4.40. The van der Waals surface area contributed by atoms with E-state index in [1.807, 2.05) is 25.1 Å². The molecule has 4 heteroatoms. The molecule has 18 heavy (non-hydrogen) atoms. The first-order valence-electron chi connectivity index (χ1n) is 6.67. The summed E-state index contributed by atoms with van der Waals surface area (Å²) in [6.45, 7) is 2.61. The second kappa shape index (κ2) is 5.85. The molecule has 1 atom stereocenters. The molecular weight excluding hydrogens is 246 g/mol. The quantitative estimate of drug-likeness (QED) is 0.821. The molecule has 0 bridgehead atoms. The topological polar surface area (TPSA) is 37.4 Å². The van der Waals surface area contributed by atoms with E-state index >= 15 is 0 Å². The third-order valence-electron chi connectivity index (χ3n) is 3.46. The van der Waals surface area contributed by atoms with Crippen LogP contribution in [0.15, 0.2) is 30.3 Å². The molecule has 1 aliphatic heterocycles. The molecule has 1 saturated heterocycles. The first-order chi connectivity index (χ1) is 8.63. The fourth-order valence-corrected chi connectivity index (χ4v) is 4.43. The minimum atomic E-state index is -3.05. The van der Waals surface area contributed by atoms with Gasteiger partial charge in [0, 0.05) is 12.6 Å². The molecular formula is C14H21NO2S. The molecule has 2 rings (SSSR count). The molecule has 1 aliphatic rings. The van der Waals surface area contributed by atoms with Crippen LogP contribution in [0.25, 0.3) is 0 Å². The van der Waals surface area contributed by atoms with E-state index in [0.717, 1.165) is 19.3 Å². The van der Waals surface area contributed by atoms with Gasteiger partial charge in [0.05, 0.1) is 5.75 Å². The molecule has 1 unspecified atom stereocenters. The lowest BCUT2D eigenvalue weighted by molar-refractivity contribution is 0.385. The zero-order valence-corrected chi connectivity index (χ0v) is 11.7. The fraction of sp³-hybridized carbons (Fsp3) is 0.571. The summed E-state index contributed by atoms with van der Waals surface area (Å²) < 4.78 is 26.0. The van der Waals surface area contributed by atoms with E-state index in [4.69, 9.17) is 0 Å². The zero-order chi connectivity index (χ0) is 13.0. The monoisotopic (exact) mass is 267 g/mol. The van der Waals surface area contributed by atoms with Gasteiger partial charge in [0.2, 0.25) is 10.0 Å². The van der Waals surface area contributed by atoms with Gasteiger partial charge in [-0.15, -0.1) is 0 Å². The van der Waals surface area contributed by atoms with E-state index in [0.29, 0.717) is 13.0 Å². The lowest BCUT2D eigenvalue weighted by Gasteiger charge is -2.24. The van der Waals surface area contributed by atoms with Crippen LogP contribution in [0.2, 0.25) is 0 Å². The van der Waals surface area contributed by atoms with Gasteiger partial charge >= 0.3 is 0 Å². The first-order valence-corrected chi connectivity index (χ1v) is 8.28. The summed E-state index contributed by atoms with van der Waals surface area (Å²) >= 11 is 0. The Hall–Kier alpha value is -0.870. The van der Waals surface area contributed by atoms with Crippen LogP contribution in [-0.2, 0) is 16.4 Å². The molecule has 1 heterocycles. The fourth-order valence-electron chi connectivity index (χ4n) is 2.64. The minimum absolute atomic E-state index is 0.156. The summed E-state index contributed by atoms with van der Waals surface area (Å²) in [6.07, 6.45) is 3.50. The SMILES string of the molecule is CCCS(=O)(=O)N1CCCC1Cc1ccccc1. The van der Waals surface area contributed by atoms with Crippen molar-refractivity contribution in [1.82, 2.24) is 4.31 Å². The predicted molar refractivity (Wildman–Crippen MR) is 74.0 cm³/mol. The van der Waals surface area contributed by atoms with Crippen molar-refractivity contribution in [2.24, 2.45) is 0 Å². The van der Waals surface area contributed by atoms with Crippen LogP contribution in [0.5, 0.6) is 0 Å². The van der Waals surface area contributed by atoms with Gasteiger partial charge in [0.15, 0.2) is 0 Å². The normalized spacial score (nSPS) is 21.3. The number of hydrogen-bond donors (Lipinski definition) is 0. The molecule has 0 aliphatic carbocycles. The van der Waals surface area contributed by atoms with Crippen LogP contribution in [0, 0.1) is 0 Å². The van der Waals surface area contributed by atoms with Crippen molar-refractivity contribution >= 4 is 10.0 Å². The first kappa shape index (κ1) is 13.6. The zero-order valence-electron chi connectivity index (χ0n) is 10.9. The third kappa shape index (κ3) is 3.12. The number of hydrogen-bond acceptors (Lipinski definition) is 2. The van der Waals surface area contributed by atoms with Crippen LogP contribution >= 0.6 is 0 Å². The summed E-state index contributed by atoms with van der Waals surface area (Å²) in [5.74, 6) is 0.276. The van der Waals surface area contributed by atoms with Gasteiger partial charge in [-0.3, -0.25) is 0 Å². The summed E-state index contributed by atoms with van der Waals surface area (Å²) in [5.41, 5.74) is 1.22. The molecule has 100 valence electrons. The average Bonchev–Trinajstić information content (AvgIpc) is 2.79. The maximum atomic E-state index is 12.2. The van der Waals surface area contributed by atoms with Crippen LogP contribution in [0.1, 0.15) is 31.7 Å². The lowest BCUT2D eigenvalue weighted by atomic mass is 10.1. The molecule has 0 radical (unpaired) electrons. The average molecular weight is 267 g/mol. The van der Waals surface area contributed by atoms with Crippen LogP contribution in [-0.4, -0.2) is 31.1 Å². The molecule has 0 N–H and O–H groups in total. The van der Waals surface area contributed by atoms with E-state index < -0.39 is 10.0 Å². The number of nitrogens with zero attached hydrogens (tertiary/aromatic N) is 1. The smallest absolute Gasteiger partial charge is 0.212 e. The Labute approximate surface area is 110 Å². The summed E-state index contributed by atoms with van der Waals surface area (Å²) in [6, 6.07) is 10.3. The maximum Gasteiger partial charge on any atom is 0.214 e. The Balaban J connectivity index is 2.09. The standard InChI is InChI=1S/C14H21NO2S/c1-2-11-18(16,17)15-10-6-9-14(15)12-13-7-4-3-5-8-13/h3-5,7-8,14H,2,6,9-12H2,1H3. The highest BCUT2D eigenvalue weighted by molar-refractivity contribution is 7.89. The second-order valence-electron chi connectivity index (χ2n) is 4.91. The molecule has 1 aromatic rings. The Morgan fingerprint density at radius 3 is 2.67 bits per heavy atom. The van der Waals surface area contributed by atoms with Crippen molar-refractivity contribution in [2.75, 3.05) is 12.3 Å². The van der Waals surface area contributed by atoms with E-state index in [-0.39, 0.29) is 11.8 Å². The van der Waals surface area contributed by atoms with Gasteiger partial charge in [-0.25, -0.2) is 8.42 Å². The lowest BCUT2D eigenvalue weighted by Crippen LogP contribution is -2.38. The molecule has 3 nitrogen and oxygen atoms in total. The maximum absolute atomic E-state index is 12.2. The molecule has 1 fully saturated rings. The highest BCUT2D eigenvalue weighted by Crippen LogP contribution is 2.24. The largest absolute Gasteiger partial charge is 0.214 e. The van der Waals surface area contributed by atoms with Crippen molar-refractivity contribution in [3.8, 4) is 0 Å². The molecule has 1 aromatic carbocycles. The van der Waals surface area contributed by atoms with E-state index in [1.165, 1.54) is 5.56 Å². The van der Waals surface area contributed by atoms with Gasteiger partial charge in [-0.05, 0) is 31.2 Å². The van der Waals surface area contributed by atoms with Crippen molar-refractivity contribution in [1.29, 1.82) is 0 Å². The molecule has 0 aromatic heterocycles. The highest BCUT2D eigenvalue weighted by atomic mass is 32.2. The van der Waals surface area contributed by atoms with Crippen molar-refractivity contribution in [2.45, 2.75) is 38.6 Å². The number of rotatable bonds is 5.